The highest BCUT2D eigenvalue weighted by Crippen LogP contribution is 2.52. The van der Waals surface area contributed by atoms with Crippen LogP contribution in [-0.2, 0) is 12.1 Å². The third-order valence-corrected chi connectivity index (χ3v) is 6.54. The Morgan fingerprint density at radius 2 is 1.69 bits per heavy atom. The Bertz CT molecular complexity index is 1370. The standard InChI is InChI=1S/C25H26N6O5/c1-30-24(32)31(12-15-6-8-16(33-2)9-7-15)23-25(30,21-22(27-13-26-21)28-14-29-23)17-10-11-18(34-3)20(36-5)19(17)35-4/h6-11,13-14H,12H2,1-5H3,(H,26,27). The van der Waals surface area contributed by atoms with E-state index in [0.717, 1.165) is 11.3 Å². The van der Waals surface area contributed by atoms with Crippen LogP contribution in [0.4, 0.5) is 10.6 Å². The van der Waals surface area contributed by atoms with Crippen LogP contribution in [0.25, 0.3) is 0 Å². The number of carbonyl (C=O) groups is 1. The maximum absolute atomic E-state index is 13.9. The van der Waals surface area contributed by atoms with Crippen molar-refractivity contribution in [3.8, 4) is 23.0 Å². The van der Waals surface area contributed by atoms with Crippen LogP contribution >= 0.6 is 0 Å². The van der Waals surface area contributed by atoms with Crippen molar-refractivity contribution in [3.63, 3.8) is 0 Å². The number of carbonyl (C=O) groups excluding carboxylic acids is 1. The molecular formula is C25H26N6O5. The topological polar surface area (TPSA) is 114 Å². The highest BCUT2D eigenvalue weighted by Gasteiger charge is 2.60. The molecule has 1 atom stereocenters. The van der Waals surface area contributed by atoms with Gasteiger partial charge in [0.25, 0.3) is 0 Å². The summed E-state index contributed by atoms with van der Waals surface area (Å²) < 4.78 is 22.3. The molecule has 2 amide bonds. The second-order valence-electron chi connectivity index (χ2n) is 8.17. The van der Waals surface area contributed by atoms with Gasteiger partial charge in [-0.2, -0.15) is 0 Å². The van der Waals surface area contributed by atoms with Crippen molar-refractivity contribution < 1.29 is 23.7 Å². The van der Waals surface area contributed by atoms with E-state index in [1.165, 1.54) is 13.4 Å². The fraction of sp³-hybridized carbons (Fsp3) is 0.280. The van der Waals surface area contributed by atoms with Gasteiger partial charge in [0.2, 0.25) is 5.75 Å². The molecule has 2 aromatic carbocycles. The summed E-state index contributed by atoms with van der Waals surface area (Å²) in [7, 11) is 7.96. The number of benzene rings is 2. The lowest BCUT2D eigenvalue weighted by atomic mass is 9.83. The number of hydrogen-bond donors (Lipinski definition) is 1. The van der Waals surface area contributed by atoms with Crippen LogP contribution in [0.15, 0.2) is 52.7 Å². The van der Waals surface area contributed by atoms with Gasteiger partial charge in [-0.05, 0) is 29.8 Å². The van der Waals surface area contributed by atoms with E-state index in [1.807, 2.05) is 30.3 Å². The molecule has 186 valence electrons. The number of nitrogens with one attached hydrogen (secondary N) is 1. The normalized spacial score (nSPS) is 18.4. The summed E-state index contributed by atoms with van der Waals surface area (Å²) >= 11 is 0. The molecule has 3 aromatic rings. The van der Waals surface area contributed by atoms with Gasteiger partial charge in [-0.15, -0.1) is 0 Å². The van der Waals surface area contributed by atoms with E-state index >= 15 is 0 Å². The summed E-state index contributed by atoms with van der Waals surface area (Å²) in [5.41, 5.74) is 0.858. The van der Waals surface area contributed by atoms with E-state index in [-0.39, 0.29) is 12.6 Å². The van der Waals surface area contributed by atoms with Crippen molar-refractivity contribution >= 4 is 24.0 Å². The van der Waals surface area contributed by atoms with Crippen LogP contribution in [0, 0.1) is 0 Å². The Labute approximate surface area is 208 Å². The number of fused-ring (bicyclic) bond motifs is 3. The smallest absolute Gasteiger partial charge is 0.326 e. The van der Waals surface area contributed by atoms with E-state index in [2.05, 4.69) is 20.0 Å². The van der Waals surface area contributed by atoms with Crippen LogP contribution in [0.3, 0.4) is 0 Å². The number of hydrogen-bond acceptors (Lipinski definition) is 8. The van der Waals surface area contributed by atoms with Gasteiger partial charge in [0.05, 0.1) is 41.3 Å². The Morgan fingerprint density at radius 3 is 2.36 bits per heavy atom. The molecule has 1 saturated heterocycles. The lowest BCUT2D eigenvalue weighted by Gasteiger charge is -2.35. The SMILES string of the molecule is COc1ccc(CN2C(=O)N(C)C3(c4ccc(OC)c(OC)c4OC)C2=NC=Nc2nc[nH]c23)cc1. The van der Waals surface area contributed by atoms with Crippen molar-refractivity contribution in [1.29, 1.82) is 0 Å². The predicted octanol–water partition coefficient (Wildman–Crippen LogP) is 3.33. The number of H-pyrrole nitrogens is 1. The molecular weight excluding hydrogens is 464 g/mol. The Hall–Kier alpha value is -4.54. The number of nitrogens with zero attached hydrogens (tertiary/aromatic N) is 5. The van der Waals surface area contributed by atoms with Gasteiger partial charge >= 0.3 is 6.03 Å². The Morgan fingerprint density at radius 1 is 0.944 bits per heavy atom. The van der Waals surface area contributed by atoms with Crippen LogP contribution in [0.2, 0.25) is 0 Å². The summed E-state index contributed by atoms with van der Waals surface area (Å²) in [5.74, 6) is 2.88. The number of aromatic nitrogens is 2. The van der Waals surface area contributed by atoms with Gasteiger partial charge in [-0.1, -0.05) is 12.1 Å². The van der Waals surface area contributed by atoms with Crippen LogP contribution in [-0.4, -0.2) is 73.5 Å². The maximum Gasteiger partial charge on any atom is 0.326 e. The molecule has 36 heavy (non-hydrogen) atoms. The third-order valence-electron chi connectivity index (χ3n) is 6.54. The van der Waals surface area contributed by atoms with E-state index in [9.17, 15) is 4.79 Å². The van der Waals surface area contributed by atoms with Gasteiger partial charge in [-0.3, -0.25) is 4.90 Å². The number of aliphatic imine (C=N–C) groups is 2. The van der Waals surface area contributed by atoms with Crippen molar-refractivity contribution in [1.82, 2.24) is 19.8 Å². The molecule has 3 heterocycles. The van der Waals surface area contributed by atoms with Crippen molar-refractivity contribution in [2.75, 3.05) is 35.5 Å². The van der Waals surface area contributed by atoms with E-state index in [1.54, 1.807) is 50.6 Å². The highest BCUT2D eigenvalue weighted by molar-refractivity contribution is 6.15. The molecule has 0 saturated carbocycles. The first kappa shape index (κ1) is 23.2. The molecule has 0 aliphatic carbocycles. The second-order valence-corrected chi connectivity index (χ2v) is 8.17. The van der Waals surface area contributed by atoms with E-state index < -0.39 is 5.54 Å². The molecule has 5 rings (SSSR count). The number of likely N-dealkylation sites (N-methyl/N-ethyl adjacent to an activating group) is 1. The fourth-order valence-corrected chi connectivity index (χ4v) is 4.87. The monoisotopic (exact) mass is 490 g/mol. The number of urea groups is 1. The summed E-state index contributed by atoms with van der Waals surface area (Å²) in [6.45, 7) is 0.278. The van der Waals surface area contributed by atoms with Crippen LogP contribution in [0.1, 0.15) is 16.8 Å². The van der Waals surface area contributed by atoms with Gasteiger partial charge in [0, 0.05) is 12.6 Å². The molecule has 11 nitrogen and oxygen atoms in total. The number of rotatable bonds is 7. The van der Waals surface area contributed by atoms with Crippen LogP contribution < -0.4 is 18.9 Å². The number of amidine groups is 1. The Balaban J connectivity index is 1.75. The first-order valence-electron chi connectivity index (χ1n) is 11.1. The van der Waals surface area contributed by atoms with Crippen molar-refractivity contribution in [2.45, 2.75) is 12.1 Å². The number of amides is 2. The zero-order valence-electron chi connectivity index (χ0n) is 20.6. The fourth-order valence-electron chi connectivity index (χ4n) is 4.87. The third kappa shape index (κ3) is 3.19. The summed E-state index contributed by atoms with van der Waals surface area (Å²) in [6, 6.07) is 10.9. The molecule has 0 radical (unpaired) electrons. The van der Waals surface area contributed by atoms with Gasteiger partial charge in [0.1, 0.15) is 17.8 Å². The Kier molecular flexibility index (Phi) is 5.75. The summed E-state index contributed by atoms with van der Waals surface area (Å²) in [6.07, 6.45) is 2.96. The predicted molar refractivity (Wildman–Crippen MR) is 133 cm³/mol. The van der Waals surface area contributed by atoms with Crippen molar-refractivity contribution in [3.05, 3.63) is 59.5 Å². The molecule has 1 fully saturated rings. The largest absolute Gasteiger partial charge is 0.497 e. The molecule has 2 aliphatic heterocycles. The summed E-state index contributed by atoms with van der Waals surface area (Å²) in [4.78, 5) is 33.8. The lowest BCUT2D eigenvalue weighted by molar-refractivity contribution is 0.185. The molecule has 0 bridgehead atoms. The molecule has 11 heteroatoms. The minimum Gasteiger partial charge on any atom is -0.497 e. The minimum atomic E-state index is -1.24. The van der Waals surface area contributed by atoms with E-state index in [0.29, 0.717) is 40.2 Å². The van der Waals surface area contributed by atoms with Crippen LogP contribution in [0.5, 0.6) is 23.0 Å². The van der Waals surface area contributed by atoms with E-state index in [4.69, 9.17) is 18.9 Å². The number of imidazole rings is 1. The first-order chi connectivity index (χ1) is 17.5. The van der Waals surface area contributed by atoms with Gasteiger partial charge < -0.3 is 28.8 Å². The number of ether oxygens (including phenoxy) is 4. The average molecular weight is 491 g/mol. The second kappa shape index (κ2) is 8.91. The highest BCUT2D eigenvalue weighted by atomic mass is 16.5. The zero-order chi connectivity index (χ0) is 25.4. The average Bonchev–Trinajstić information content (AvgIpc) is 3.40. The molecule has 1 aromatic heterocycles. The maximum atomic E-state index is 13.9. The number of methoxy groups -OCH3 is 4. The number of aromatic amines is 1. The van der Waals surface area contributed by atoms with Crippen molar-refractivity contribution in [2.24, 2.45) is 9.98 Å². The molecule has 0 spiro atoms. The minimum absolute atomic E-state index is 0.253. The quantitative estimate of drug-likeness (QED) is 0.544. The van der Waals surface area contributed by atoms with Gasteiger partial charge in [-0.25, -0.2) is 19.8 Å². The summed E-state index contributed by atoms with van der Waals surface area (Å²) in [5, 5.41) is 0. The lowest BCUT2D eigenvalue weighted by Crippen LogP contribution is -2.46. The van der Waals surface area contributed by atoms with Gasteiger partial charge in [0.15, 0.2) is 28.7 Å². The zero-order valence-corrected chi connectivity index (χ0v) is 20.6. The molecule has 2 aliphatic rings. The molecule has 1 unspecified atom stereocenters. The first-order valence-corrected chi connectivity index (χ1v) is 11.1. The molecule has 1 N–H and O–H groups in total.